The Morgan fingerprint density at radius 1 is 1.50 bits per heavy atom. The van der Waals surface area contributed by atoms with Gasteiger partial charge in [0.1, 0.15) is 0 Å². The summed E-state index contributed by atoms with van der Waals surface area (Å²) in [6.45, 7) is 5.07. The highest BCUT2D eigenvalue weighted by Crippen LogP contribution is 2.31. The van der Waals surface area contributed by atoms with E-state index < -0.39 is 11.6 Å². The third kappa shape index (κ3) is 3.41. The van der Waals surface area contributed by atoms with E-state index in [0.717, 1.165) is 31.6 Å². The lowest BCUT2D eigenvalue weighted by Gasteiger charge is -2.35. The standard InChI is InChI=1S/C15H22FNO3/c1-3-4-12-10-20-6-5-17(12)9-11-7-13(16)15(18)14(8-11)19-2/h7-8,12,18H,3-6,9-10H2,1-2H3/t12-/m0/s1. The molecule has 5 heteroatoms. The van der Waals surface area contributed by atoms with Crippen LogP contribution in [-0.2, 0) is 11.3 Å². The Morgan fingerprint density at radius 3 is 3.00 bits per heavy atom. The lowest BCUT2D eigenvalue weighted by Crippen LogP contribution is -2.44. The van der Waals surface area contributed by atoms with Crippen LogP contribution in [0.25, 0.3) is 0 Å². The number of hydrogen-bond acceptors (Lipinski definition) is 4. The third-order valence-electron chi connectivity index (χ3n) is 3.67. The number of nitrogens with zero attached hydrogens (tertiary/aromatic N) is 1. The fraction of sp³-hybridized carbons (Fsp3) is 0.600. The number of phenols is 1. The van der Waals surface area contributed by atoms with Crippen LogP contribution in [0.15, 0.2) is 12.1 Å². The van der Waals surface area contributed by atoms with Crippen LogP contribution < -0.4 is 4.74 Å². The molecular formula is C15H22FNO3. The van der Waals surface area contributed by atoms with Crippen molar-refractivity contribution >= 4 is 0 Å². The van der Waals surface area contributed by atoms with Gasteiger partial charge in [-0.25, -0.2) is 4.39 Å². The molecule has 0 aliphatic carbocycles. The monoisotopic (exact) mass is 283 g/mol. The van der Waals surface area contributed by atoms with Crippen molar-refractivity contribution in [2.24, 2.45) is 0 Å². The number of halogens is 1. The van der Waals surface area contributed by atoms with Crippen LogP contribution in [0, 0.1) is 5.82 Å². The molecule has 1 N–H and O–H groups in total. The van der Waals surface area contributed by atoms with E-state index in [1.807, 2.05) is 0 Å². The summed E-state index contributed by atoms with van der Waals surface area (Å²) in [5, 5.41) is 9.53. The molecular weight excluding hydrogens is 261 g/mol. The molecule has 0 saturated carbocycles. The maximum Gasteiger partial charge on any atom is 0.194 e. The van der Waals surface area contributed by atoms with Gasteiger partial charge in [0.05, 0.1) is 20.3 Å². The minimum atomic E-state index is -0.639. The summed E-state index contributed by atoms with van der Waals surface area (Å²) in [6.07, 6.45) is 2.16. The van der Waals surface area contributed by atoms with Crippen molar-refractivity contribution in [3.05, 3.63) is 23.5 Å². The van der Waals surface area contributed by atoms with Crippen molar-refractivity contribution < 1.29 is 19.0 Å². The van der Waals surface area contributed by atoms with Gasteiger partial charge in [0.25, 0.3) is 0 Å². The number of phenolic OH excluding ortho intramolecular Hbond substituents is 1. The highest BCUT2D eigenvalue weighted by atomic mass is 19.1. The second kappa shape index (κ2) is 6.90. The highest BCUT2D eigenvalue weighted by molar-refractivity contribution is 5.43. The number of hydrogen-bond donors (Lipinski definition) is 1. The Labute approximate surface area is 119 Å². The van der Waals surface area contributed by atoms with Gasteiger partial charge in [0.2, 0.25) is 0 Å². The van der Waals surface area contributed by atoms with Crippen molar-refractivity contribution in [2.75, 3.05) is 26.9 Å². The quantitative estimate of drug-likeness (QED) is 0.901. The zero-order chi connectivity index (χ0) is 14.5. The molecule has 0 unspecified atom stereocenters. The van der Waals surface area contributed by atoms with Crippen LogP contribution >= 0.6 is 0 Å². The van der Waals surface area contributed by atoms with Crippen molar-refractivity contribution in [1.82, 2.24) is 4.90 Å². The first-order valence-electron chi connectivity index (χ1n) is 7.02. The first-order chi connectivity index (χ1) is 9.65. The molecule has 20 heavy (non-hydrogen) atoms. The number of ether oxygens (including phenoxy) is 2. The van der Waals surface area contributed by atoms with E-state index in [4.69, 9.17) is 9.47 Å². The molecule has 1 fully saturated rings. The third-order valence-corrected chi connectivity index (χ3v) is 3.67. The summed E-state index contributed by atoms with van der Waals surface area (Å²) in [5.74, 6) is -0.886. The Bertz CT molecular complexity index is 451. The van der Waals surface area contributed by atoms with Gasteiger partial charge in [-0.1, -0.05) is 13.3 Å². The SMILES string of the molecule is CCC[C@H]1COCCN1Cc1cc(F)c(O)c(OC)c1. The molecule has 0 aromatic heterocycles. The smallest absolute Gasteiger partial charge is 0.194 e. The highest BCUT2D eigenvalue weighted by Gasteiger charge is 2.23. The first kappa shape index (κ1) is 15.1. The lowest BCUT2D eigenvalue weighted by molar-refractivity contribution is -0.0147. The minimum absolute atomic E-state index is 0.181. The molecule has 2 rings (SSSR count). The van der Waals surface area contributed by atoms with Crippen molar-refractivity contribution in [3.8, 4) is 11.5 Å². The topological polar surface area (TPSA) is 41.9 Å². The van der Waals surface area contributed by atoms with Crippen LogP contribution in [0.4, 0.5) is 4.39 Å². The molecule has 0 bridgehead atoms. The van der Waals surface area contributed by atoms with E-state index in [1.54, 1.807) is 6.07 Å². The molecule has 0 radical (unpaired) electrons. The normalized spacial score (nSPS) is 20.1. The summed E-state index contributed by atoms with van der Waals surface area (Å²) in [5.41, 5.74) is 0.806. The van der Waals surface area contributed by atoms with Crippen LogP contribution in [0.2, 0.25) is 0 Å². The summed E-state index contributed by atoms with van der Waals surface area (Å²) < 4.78 is 24.2. The summed E-state index contributed by atoms with van der Waals surface area (Å²) in [4.78, 5) is 2.30. The minimum Gasteiger partial charge on any atom is -0.502 e. The van der Waals surface area contributed by atoms with Gasteiger partial charge in [-0.3, -0.25) is 4.90 Å². The molecule has 1 aromatic carbocycles. The number of rotatable bonds is 5. The molecule has 1 atom stereocenters. The maximum absolute atomic E-state index is 13.7. The Morgan fingerprint density at radius 2 is 2.30 bits per heavy atom. The molecule has 1 aromatic rings. The largest absolute Gasteiger partial charge is 0.502 e. The fourth-order valence-electron chi connectivity index (χ4n) is 2.61. The molecule has 1 saturated heterocycles. The second-order valence-electron chi connectivity index (χ2n) is 5.12. The molecule has 1 aliphatic heterocycles. The van der Waals surface area contributed by atoms with Crippen LogP contribution in [-0.4, -0.2) is 42.9 Å². The van der Waals surface area contributed by atoms with Crippen molar-refractivity contribution in [1.29, 1.82) is 0 Å². The van der Waals surface area contributed by atoms with Gasteiger partial charge >= 0.3 is 0 Å². The number of aromatic hydroxyl groups is 1. The summed E-state index contributed by atoms with van der Waals surface area (Å²) in [7, 11) is 1.42. The fourth-order valence-corrected chi connectivity index (χ4v) is 2.61. The molecule has 1 heterocycles. The first-order valence-corrected chi connectivity index (χ1v) is 7.02. The van der Waals surface area contributed by atoms with Gasteiger partial charge in [-0.05, 0) is 24.1 Å². The molecule has 1 aliphatic rings. The van der Waals surface area contributed by atoms with Crippen LogP contribution in [0.3, 0.4) is 0 Å². The van der Waals surface area contributed by atoms with Gasteiger partial charge in [-0.15, -0.1) is 0 Å². The summed E-state index contributed by atoms with van der Waals surface area (Å²) in [6, 6.07) is 3.43. The Balaban J connectivity index is 2.13. The second-order valence-corrected chi connectivity index (χ2v) is 5.12. The predicted molar refractivity (Wildman–Crippen MR) is 74.5 cm³/mol. The molecule has 0 amide bonds. The Kier molecular flexibility index (Phi) is 5.20. The van der Waals surface area contributed by atoms with E-state index in [2.05, 4.69) is 11.8 Å². The molecule has 0 spiro atoms. The van der Waals surface area contributed by atoms with Gasteiger partial charge in [0, 0.05) is 19.1 Å². The number of benzene rings is 1. The number of methoxy groups -OCH3 is 1. The Hall–Kier alpha value is -1.33. The zero-order valence-corrected chi connectivity index (χ0v) is 12.1. The molecule has 4 nitrogen and oxygen atoms in total. The van der Waals surface area contributed by atoms with Crippen LogP contribution in [0.5, 0.6) is 11.5 Å². The van der Waals surface area contributed by atoms with Gasteiger partial charge in [0.15, 0.2) is 17.3 Å². The lowest BCUT2D eigenvalue weighted by atomic mass is 10.1. The van der Waals surface area contributed by atoms with E-state index in [-0.39, 0.29) is 5.75 Å². The van der Waals surface area contributed by atoms with E-state index in [9.17, 15) is 9.50 Å². The maximum atomic E-state index is 13.7. The average molecular weight is 283 g/mol. The predicted octanol–water partition coefficient (Wildman–Crippen LogP) is 2.54. The van der Waals surface area contributed by atoms with E-state index in [1.165, 1.54) is 13.2 Å². The van der Waals surface area contributed by atoms with E-state index >= 15 is 0 Å². The zero-order valence-electron chi connectivity index (χ0n) is 12.1. The van der Waals surface area contributed by atoms with Crippen molar-refractivity contribution in [2.45, 2.75) is 32.4 Å². The van der Waals surface area contributed by atoms with Gasteiger partial charge < -0.3 is 14.6 Å². The van der Waals surface area contributed by atoms with Crippen molar-refractivity contribution in [3.63, 3.8) is 0 Å². The number of morpholine rings is 1. The average Bonchev–Trinajstić information content (AvgIpc) is 2.45. The van der Waals surface area contributed by atoms with Gasteiger partial charge in [-0.2, -0.15) is 0 Å². The van der Waals surface area contributed by atoms with E-state index in [0.29, 0.717) is 19.2 Å². The van der Waals surface area contributed by atoms with Crippen LogP contribution in [0.1, 0.15) is 25.3 Å². The molecule has 112 valence electrons. The summed E-state index contributed by atoms with van der Waals surface area (Å²) >= 11 is 0.